The van der Waals surface area contributed by atoms with Crippen molar-refractivity contribution in [2.75, 3.05) is 11.9 Å². The number of aliphatic hydroxyl groups excluding tert-OH is 1. The molecule has 0 radical (unpaired) electrons. The highest BCUT2D eigenvalue weighted by Gasteiger charge is 2.40. The van der Waals surface area contributed by atoms with Crippen LogP contribution < -0.4 is 10.1 Å². The van der Waals surface area contributed by atoms with Gasteiger partial charge in [-0.05, 0) is 19.1 Å². The summed E-state index contributed by atoms with van der Waals surface area (Å²) in [7, 11) is 0. The fourth-order valence-electron chi connectivity index (χ4n) is 3.41. The fraction of sp³-hybridized carbons (Fsp3) is 0.227. The molecule has 0 unspecified atom stereocenters. The first kappa shape index (κ1) is 20.1. The van der Waals surface area contributed by atoms with E-state index in [4.69, 9.17) is 4.74 Å². The number of aryl methyl sites for hydroxylation is 1. The van der Waals surface area contributed by atoms with Crippen LogP contribution in [0, 0.1) is 6.92 Å². The molecule has 1 aliphatic rings. The van der Waals surface area contributed by atoms with Crippen LogP contribution in [0.25, 0.3) is 11.3 Å². The number of hydrogen-bond acceptors (Lipinski definition) is 6. The van der Waals surface area contributed by atoms with Crippen LogP contribution in [0.3, 0.4) is 0 Å². The second-order valence-electron chi connectivity index (χ2n) is 7.02. The zero-order valence-electron chi connectivity index (χ0n) is 16.3. The predicted octanol–water partition coefficient (Wildman–Crippen LogP) is 3.69. The van der Waals surface area contributed by atoms with Crippen LogP contribution in [0.2, 0.25) is 0 Å². The minimum atomic E-state index is -0.833. The minimum Gasteiger partial charge on any atom is -0.410 e. The Morgan fingerprint density at radius 3 is 2.50 bits per heavy atom. The summed E-state index contributed by atoms with van der Waals surface area (Å²) in [5.41, 5.74) is 1.78. The van der Waals surface area contributed by atoms with Crippen molar-refractivity contribution in [1.82, 2.24) is 9.88 Å². The largest absolute Gasteiger partial charge is 0.416 e. The maximum Gasteiger partial charge on any atom is 0.416 e. The molecule has 30 heavy (non-hydrogen) atoms. The summed E-state index contributed by atoms with van der Waals surface area (Å²) in [6, 6.07) is 17.5. The van der Waals surface area contributed by atoms with Crippen LogP contribution in [0.5, 0.6) is 5.75 Å². The van der Waals surface area contributed by atoms with E-state index in [2.05, 4.69) is 10.3 Å². The first-order chi connectivity index (χ1) is 14.5. The number of rotatable bonds is 4. The molecule has 2 heterocycles. The van der Waals surface area contributed by atoms with E-state index in [1.807, 2.05) is 43.3 Å². The number of aliphatic hydroxyl groups is 1. The van der Waals surface area contributed by atoms with Gasteiger partial charge in [0.1, 0.15) is 11.8 Å². The van der Waals surface area contributed by atoms with Gasteiger partial charge in [-0.15, -0.1) is 11.3 Å². The van der Waals surface area contributed by atoms with Crippen molar-refractivity contribution in [3.05, 3.63) is 65.5 Å². The van der Waals surface area contributed by atoms with E-state index in [0.717, 1.165) is 16.1 Å². The summed E-state index contributed by atoms with van der Waals surface area (Å²) < 4.78 is 5.34. The zero-order valence-corrected chi connectivity index (χ0v) is 17.1. The SMILES string of the molecule is Cc1sc(NC(=O)[C@@H]2C[C@H](O)CN2C(=O)Oc2ccccc2)nc1-c1ccccc1. The van der Waals surface area contributed by atoms with E-state index in [9.17, 15) is 14.7 Å². The molecule has 3 aromatic rings. The quantitative estimate of drug-likeness (QED) is 0.668. The van der Waals surface area contributed by atoms with Gasteiger partial charge >= 0.3 is 6.09 Å². The van der Waals surface area contributed by atoms with Gasteiger partial charge in [0.05, 0.1) is 18.3 Å². The molecule has 0 bridgehead atoms. The van der Waals surface area contributed by atoms with Gasteiger partial charge in [-0.2, -0.15) is 0 Å². The molecule has 1 fully saturated rings. The molecule has 0 saturated carbocycles. The highest BCUT2D eigenvalue weighted by molar-refractivity contribution is 7.16. The normalized spacial score (nSPS) is 18.3. The van der Waals surface area contributed by atoms with Gasteiger partial charge in [-0.3, -0.25) is 9.69 Å². The zero-order chi connectivity index (χ0) is 21.1. The molecular formula is C22H21N3O4S. The van der Waals surface area contributed by atoms with Crippen molar-refractivity contribution in [2.24, 2.45) is 0 Å². The van der Waals surface area contributed by atoms with Crippen LogP contribution in [0.4, 0.5) is 9.93 Å². The van der Waals surface area contributed by atoms with Crippen LogP contribution in [0.15, 0.2) is 60.7 Å². The Kier molecular flexibility index (Phi) is 5.78. The highest BCUT2D eigenvalue weighted by atomic mass is 32.1. The van der Waals surface area contributed by atoms with Crippen molar-refractivity contribution < 1.29 is 19.4 Å². The number of anilines is 1. The van der Waals surface area contributed by atoms with Gasteiger partial charge in [0, 0.05) is 16.9 Å². The van der Waals surface area contributed by atoms with Gasteiger partial charge in [-0.25, -0.2) is 9.78 Å². The maximum absolute atomic E-state index is 12.9. The highest BCUT2D eigenvalue weighted by Crippen LogP contribution is 2.31. The Morgan fingerprint density at radius 1 is 1.13 bits per heavy atom. The first-order valence-corrected chi connectivity index (χ1v) is 10.4. The molecule has 8 heteroatoms. The van der Waals surface area contributed by atoms with Crippen molar-refractivity contribution in [2.45, 2.75) is 25.5 Å². The number of thiazole rings is 1. The van der Waals surface area contributed by atoms with E-state index in [1.54, 1.807) is 24.3 Å². The molecule has 2 amide bonds. The lowest BCUT2D eigenvalue weighted by Crippen LogP contribution is -2.44. The Bertz CT molecular complexity index is 1040. The van der Waals surface area contributed by atoms with Crippen LogP contribution in [-0.2, 0) is 4.79 Å². The monoisotopic (exact) mass is 423 g/mol. The van der Waals surface area contributed by atoms with Gasteiger partial charge in [-0.1, -0.05) is 48.5 Å². The number of benzene rings is 2. The van der Waals surface area contributed by atoms with E-state index in [1.165, 1.54) is 16.2 Å². The lowest BCUT2D eigenvalue weighted by atomic mass is 10.1. The molecule has 2 atom stereocenters. The summed E-state index contributed by atoms with van der Waals surface area (Å²) in [4.78, 5) is 32.2. The number of amides is 2. The number of carbonyl (C=O) groups excluding carboxylic acids is 2. The van der Waals surface area contributed by atoms with E-state index >= 15 is 0 Å². The molecule has 2 aromatic carbocycles. The third-order valence-electron chi connectivity index (χ3n) is 4.84. The lowest BCUT2D eigenvalue weighted by Gasteiger charge is -2.22. The molecule has 7 nitrogen and oxygen atoms in total. The smallest absolute Gasteiger partial charge is 0.410 e. The average molecular weight is 423 g/mol. The Morgan fingerprint density at radius 2 is 1.80 bits per heavy atom. The van der Waals surface area contributed by atoms with Crippen molar-refractivity contribution in [3.8, 4) is 17.0 Å². The maximum atomic E-state index is 12.9. The van der Waals surface area contributed by atoms with Crippen LogP contribution in [0.1, 0.15) is 11.3 Å². The number of likely N-dealkylation sites (tertiary alicyclic amines) is 1. The van der Waals surface area contributed by atoms with E-state index < -0.39 is 24.1 Å². The number of ether oxygens (including phenoxy) is 1. The van der Waals surface area contributed by atoms with Crippen molar-refractivity contribution >= 4 is 28.5 Å². The first-order valence-electron chi connectivity index (χ1n) is 9.56. The predicted molar refractivity (Wildman–Crippen MR) is 115 cm³/mol. The molecule has 0 spiro atoms. The second-order valence-corrected chi connectivity index (χ2v) is 8.22. The minimum absolute atomic E-state index is 0.0376. The number of carbonyl (C=O) groups is 2. The third kappa shape index (κ3) is 4.34. The molecule has 1 aromatic heterocycles. The Labute approximate surface area is 177 Å². The summed E-state index contributed by atoms with van der Waals surface area (Å²) in [6.07, 6.45) is -1.31. The Hall–Kier alpha value is -3.23. The number of nitrogens with one attached hydrogen (secondary N) is 1. The standard InChI is InChI=1S/C22H21N3O4S/c1-14-19(15-8-4-2-5-9-15)23-21(30-14)24-20(27)18-12-16(26)13-25(18)22(28)29-17-10-6-3-7-11-17/h2-11,16,18,26H,12-13H2,1H3,(H,23,24,27)/t16-,18-/m0/s1. The molecule has 4 rings (SSSR count). The molecule has 1 saturated heterocycles. The fourth-order valence-corrected chi connectivity index (χ4v) is 4.25. The summed E-state index contributed by atoms with van der Waals surface area (Å²) in [5.74, 6) is -0.0176. The van der Waals surface area contributed by atoms with Gasteiger partial charge < -0.3 is 15.2 Å². The van der Waals surface area contributed by atoms with E-state index in [-0.39, 0.29) is 13.0 Å². The lowest BCUT2D eigenvalue weighted by molar-refractivity contribution is -0.119. The third-order valence-corrected chi connectivity index (χ3v) is 5.72. The summed E-state index contributed by atoms with van der Waals surface area (Å²) in [6.45, 7) is 1.98. The average Bonchev–Trinajstić information content (AvgIpc) is 3.32. The van der Waals surface area contributed by atoms with E-state index in [0.29, 0.717) is 10.9 Å². The number of para-hydroxylation sites is 1. The van der Waals surface area contributed by atoms with Gasteiger partial charge in [0.25, 0.3) is 0 Å². The molecule has 1 aliphatic heterocycles. The van der Waals surface area contributed by atoms with Gasteiger partial charge in [0.15, 0.2) is 5.13 Å². The Balaban J connectivity index is 1.47. The van der Waals surface area contributed by atoms with Crippen molar-refractivity contribution in [3.63, 3.8) is 0 Å². The molecule has 154 valence electrons. The van der Waals surface area contributed by atoms with Crippen LogP contribution >= 0.6 is 11.3 Å². The second kappa shape index (κ2) is 8.64. The summed E-state index contributed by atoms with van der Waals surface area (Å²) in [5, 5.41) is 13.3. The molecule has 0 aliphatic carbocycles. The molecule has 2 N–H and O–H groups in total. The van der Waals surface area contributed by atoms with Crippen molar-refractivity contribution in [1.29, 1.82) is 0 Å². The number of nitrogens with zero attached hydrogens (tertiary/aromatic N) is 2. The topological polar surface area (TPSA) is 91.8 Å². The number of aromatic nitrogens is 1. The number of hydrogen-bond donors (Lipinski definition) is 2. The number of β-amino-alcohol motifs (C(OH)–C–C–N with tert-alkyl or cyclic N) is 1. The summed E-state index contributed by atoms with van der Waals surface area (Å²) >= 11 is 1.37. The molecular weight excluding hydrogens is 402 g/mol. The van der Waals surface area contributed by atoms with Gasteiger partial charge in [0.2, 0.25) is 5.91 Å². The van der Waals surface area contributed by atoms with Crippen LogP contribution in [-0.4, -0.2) is 45.7 Å².